The molecular weight excluding hydrogens is 194 g/mol. The Morgan fingerprint density at radius 2 is 1.73 bits per heavy atom. The fraction of sp³-hybridized carbons (Fsp3) is 0. The van der Waals surface area contributed by atoms with Crippen molar-refractivity contribution in [2.24, 2.45) is 5.16 Å². The first kappa shape index (κ1) is 9.33. The van der Waals surface area contributed by atoms with Gasteiger partial charge in [0.05, 0.1) is 6.21 Å². The number of phenolic OH excluding ortho intramolecular Hbond substituents is 2. The molecule has 0 saturated heterocycles. The maximum absolute atomic E-state index is 9.79. The van der Waals surface area contributed by atoms with Crippen molar-refractivity contribution >= 4 is 17.0 Å². The number of phenols is 2. The Kier molecular flexibility index (Phi) is 2.17. The summed E-state index contributed by atoms with van der Waals surface area (Å²) in [6.07, 6.45) is 1.07. The molecule has 0 atom stereocenters. The van der Waals surface area contributed by atoms with E-state index in [9.17, 15) is 10.2 Å². The van der Waals surface area contributed by atoms with Crippen molar-refractivity contribution in [2.45, 2.75) is 0 Å². The molecule has 2 aromatic carbocycles. The van der Waals surface area contributed by atoms with Gasteiger partial charge in [-0.2, -0.15) is 0 Å². The van der Waals surface area contributed by atoms with Crippen LogP contribution in [0.1, 0.15) is 5.56 Å². The fourth-order valence-corrected chi connectivity index (χ4v) is 1.52. The maximum atomic E-state index is 9.79. The van der Waals surface area contributed by atoms with Gasteiger partial charge in [-0.05, 0) is 6.07 Å². The Balaban J connectivity index is 2.84. The normalized spacial score (nSPS) is 11.2. The van der Waals surface area contributed by atoms with Crippen LogP contribution in [0.25, 0.3) is 10.8 Å². The summed E-state index contributed by atoms with van der Waals surface area (Å²) in [6.45, 7) is 0. The quantitative estimate of drug-likeness (QED) is 0.287. The van der Waals surface area contributed by atoms with E-state index in [1.54, 1.807) is 24.3 Å². The molecule has 2 aromatic rings. The predicted molar refractivity (Wildman–Crippen MR) is 56.7 cm³/mol. The molecular formula is C11H9NO3. The Bertz CT molecular complexity index is 535. The lowest BCUT2D eigenvalue weighted by Crippen LogP contribution is -1.85. The van der Waals surface area contributed by atoms with Gasteiger partial charge in [0.15, 0.2) is 0 Å². The standard InChI is InChI=1S/C11H9NO3/c13-10-5-7(6-12-15)11(14)9-4-2-1-3-8(9)10/h1-6,13-15H/b12-6+. The molecule has 4 nitrogen and oxygen atoms in total. The van der Waals surface area contributed by atoms with Crippen molar-refractivity contribution in [2.75, 3.05) is 0 Å². The van der Waals surface area contributed by atoms with E-state index in [0.717, 1.165) is 6.21 Å². The molecule has 0 unspecified atom stereocenters. The Morgan fingerprint density at radius 3 is 2.40 bits per heavy atom. The number of aromatic hydroxyl groups is 2. The van der Waals surface area contributed by atoms with Crippen LogP contribution in [0.2, 0.25) is 0 Å². The van der Waals surface area contributed by atoms with Crippen molar-refractivity contribution in [3.05, 3.63) is 35.9 Å². The van der Waals surface area contributed by atoms with E-state index in [1.807, 2.05) is 0 Å². The minimum absolute atomic E-state index is 0.0128. The molecule has 0 radical (unpaired) electrons. The number of nitrogens with zero attached hydrogens (tertiary/aromatic N) is 1. The van der Waals surface area contributed by atoms with Crippen LogP contribution < -0.4 is 0 Å². The number of oxime groups is 1. The van der Waals surface area contributed by atoms with Crippen LogP contribution >= 0.6 is 0 Å². The highest BCUT2D eigenvalue weighted by atomic mass is 16.4. The van der Waals surface area contributed by atoms with Crippen LogP contribution in [0, 0.1) is 0 Å². The van der Waals surface area contributed by atoms with Crippen molar-refractivity contribution in [3.8, 4) is 11.5 Å². The molecule has 0 aliphatic heterocycles. The topological polar surface area (TPSA) is 73.1 Å². The molecule has 0 bridgehead atoms. The zero-order valence-electron chi connectivity index (χ0n) is 7.75. The van der Waals surface area contributed by atoms with Gasteiger partial charge in [0.2, 0.25) is 0 Å². The van der Waals surface area contributed by atoms with E-state index in [2.05, 4.69) is 5.16 Å². The lowest BCUT2D eigenvalue weighted by Gasteiger charge is -2.05. The Hall–Kier alpha value is -2.23. The Labute approximate surface area is 85.7 Å². The lowest BCUT2D eigenvalue weighted by atomic mass is 10.0. The van der Waals surface area contributed by atoms with Gasteiger partial charge < -0.3 is 15.4 Å². The molecule has 0 spiro atoms. The first-order chi connectivity index (χ1) is 7.24. The fourth-order valence-electron chi connectivity index (χ4n) is 1.52. The van der Waals surface area contributed by atoms with Crippen LogP contribution in [-0.2, 0) is 0 Å². The number of hydrogen-bond donors (Lipinski definition) is 3. The van der Waals surface area contributed by atoms with Gasteiger partial charge in [0.1, 0.15) is 11.5 Å². The van der Waals surface area contributed by atoms with E-state index in [4.69, 9.17) is 5.21 Å². The van der Waals surface area contributed by atoms with Gasteiger partial charge in [-0.15, -0.1) is 0 Å². The van der Waals surface area contributed by atoms with Crippen LogP contribution in [-0.4, -0.2) is 21.6 Å². The van der Waals surface area contributed by atoms with E-state index < -0.39 is 0 Å². The summed E-state index contributed by atoms with van der Waals surface area (Å²) in [7, 11) is 0. The van der Waals surface area contributed by atoms with Gasteiger partial charge in [-0.3, -0.25) is 0 Å². The monoisotopic (exact) mass is 203 g/mol. The van der Waals surface area contributed by atoms with Gasteiger partial charge in [0, 0.05) is 16.3 Å². The maximum Gasteiger partial charge on any atom is 0.132 e. The van der Waals surface area contributed by atoms with Crippen LogP contribution in [0.4, 0.5) is 0 Å². The molecule has 0 aliphatic carbocycles. The summed E-state index contributed by atoms with van der Waals surface area (Å²) >= 11 is 0. The number of rotatable bonds is 1. The molecule has 0 aliphatic rings. The number of hydrogen-bond acceptors (Lipinski definition) is 4. The summed E-state index contributed by atoms with van der Waals surface area (Å²) < 4.78 is 0. The largest absolute Gasteiger partial charge is 0.507 e. The lowest BCUT2D eigenvalue weighted by molar-refractivity contribution is 0.321. The zero-order valence-corrected chi connectivity index (χ0v) is 7.75. The van der Waals surface area contributed by atoms with E-state index in [-0.39, 0.29) is 17.1 Å². The second-order valence-corrected chi connectivity index (χ2v) is 3.12. The highest BCUT2D eigenvalue weighted by Gasteiger charge is 2.08. The Morgan fingerprint density at radius 1 is 1.07 bits per heavy atom. The van der Waals surface area contributed by atoms with Gasteiger partial charge in [-0.1, -0.05) is 29.4 Å². The average molecular weight is 203 g/mol. The smallest absolute Gasteiger partial charge is 0.132 e. The minimum Gasteiger partial charge on any atom is -0.507 e. The SMILES string of the molecule is O/N=C/c1cc(O)c2ccccc2c1O. The molecule has 0 fully saturated rings. The third-order valence-corrected chi connectivity index (χ3v) is 2.22. The summed E-state index contributed by atoms with van der Waals surface area (Å²) in [5.74, 6) is 0.0273. The third kappa shape index (κ3) is 1.46. The van der Waals surface area contributed by atoms with Crippen LogP contribution in [0.3, 0.4) is 0 Å². The van der Waals surface area contributed by atoms with Crippen LogP contribution in [0.5, 0.6) is 11.5 Å². The third-order valence-electron chi connectivity index (χ3n) is 2.22. The van der Waals surface area contributed by atoms with E-state index in [0.29, 0.717) is 10.8 Å². The van der Waals surface area contributed by atoms with Crippen molar-refractivity contribution < 1.29 is 15.4 Å². The molecule has 0 aromatic heterocycles. The zero-order chi connectivity index (χ0) is 10.8. The molecule has 0 amide bonds. The van der Waals surface area contributed by atoms with E-state index in [1.165, 1.54) is 6.07 Å². The first-order valence-electron chi connectivity index (χ1n) is 4.35. The summed E-state index contributed by atoms with van der Waals surface area (Å²) in [5, 5.41) is 31.7. The number of benzene rings is 2. The first-order valence-corrected chi connectivity index (χ1v) is 4.35. The van der Waals surface area contributed by atoms with Crippen molar-refractivity contribution in [3.63, 3.8) is 0 Å². The summed E-state index contributed by atoms with van der Waals surface area (Å²) in [4.78, 5) is 0. The average Bonchev–Trinajstić information content (AvgIpc) is 2.26. The molecule has 3 N–H and O–H groups in total. The molecule has 0 heterocycles. The molecule has 4 heteroatoms. The summed E-state index contributed by atoms with van der Waals surface area (Å²) in [5.41, 5.74) is 0.272. The van der Waals surface area contributed by atoms with Crippen molar-refractivity contribution in [1.82, 2.24) is 0 Å². The molecule has 76 valence electrons. The molecule has 0 saturated carbocycles. The van der Waals surface area contributed by atoms with Gasteiger partial charge >= 0.3 is 0 Å². The second kappa shape index (κ2) is 3.49. The number of fused-ring (bicyclic) bond motifs is 1. The highest BCUT2D eigenvalue weighted by molar-refractivity contribution is 6.00. The predicted octanol–water partition coefficient (Wildman–Crippen LogP) is 2.06. The van der Waals surface area contributed by atoms with E-state index >= 15 is 0 Å². The minimum atomic E-state index is -0.0128. The van der Waals surface area contributed by atoms with Crippen LogP contribution in [0.15, 0.2) is 35.5 Å². The summed E-state index contributed by atoms with van der Waals surface area (Å²) in [6, 6.07) is 8.24. The molecule has 15 heavy (non-hydrogen) atoms. The second-order valence-electron chi connectivity index (χ2n) is 3.12. The van der Waals surface area contributed by atoms with Gasteiger partial charge in [0.25, 0.3) is 0 Å². The highest BCUT2D eigenvalue weighted by Crippen LogP contribution is 2.34. The molecule has 2 rings (SSSR count). The van der Waals surface area contributed by atoms with Gasteiger partial charge in [-0.25, -0.2) is 0 Å². The van der Waals surface area contributed by atoms with Crippen molar-refractivity contribution in [1.29, 1.82) is 0 Å².